The lowest BCUT2D eigenvalue weighted by atomic mass is 10.1. The molecule has 0 amide bonds. The number of hydrogen-bond donors (Lipinski definition) is 0. The first kappa shape index (κ1) is 18.8. The molecule has 0 bridgehead atoms. The molecule has 0 N–H and O–H groups in total. The highest BCUT2D eigenvalue weighted by Crippen LogP contribution is 2.31. The Morgan fingerprint density at radius 2 is 2.04 bits per heavy atom. The van der Waals surface area contributed by atoms with E-state index in [2.05, 4.69) is 15.2 Å². The number of rotatable bonds is 9. The van der Waals surface area contributed by atoms with Crippen molar-refractivity contribution >= 4 is 11.9 Å². The number of hydrogen-bond acceptors (Lipinski definition) is 9. The zero-order chi connectivity index (χ0) is 18.2. The molecule has 0 aliphatic carbocycles. The summed E-state index contributed by atoms with van der Waals surface area (Å²) in [7, 11) is 0. The predicted octanol–water partition coefficient (Wildman–Crippen LogP) is 1.98. The van der Waals surface area contributed by atoms with Crippen LogP contribution in [-0.2, 0) is 37.1 Å². The number of carbonyl (C=O) groups excluding carboxylic acids is 2. The van der Waals surface area contributed by atoms with Crippen LogP contribution < -0.4 is 4.74 Å². The fraction of sp³-hybridized carbons (Fsp3) is 0.562. The molecule has 0 spiro atoms. The molecule has 25 heavy (non-hydrogen) atoms. The van der Waals surface area contributed by atoms with Gasteiger partial charge in [-0.3, -0.25) is 14.6 Å². The van der Waals surface area contributed by atoms with Gasteiger partial charge in [0.15, 0.2) is 11.1 Å². The molecule has 1 aromatic heterocycles. The number of aryl methyl sites for hydroxylation is 1. The zero-order valence-electron chi connectivity index (χ0n) is 14.1. The van der Waals surface area contributed by atoms with Gasteiger partial charge in [0.1, 0.15) is 6.61 Å². The molecular weight excluding hydrogens is 332 g/mol. The minimum Gasteiger partial charge on any atom is -0.465 e. The third-order valence-corrected chi connectivity index (χ3v) is 3.60. The van der Waals surface area contributed by atoms with Gasteiger partial charge in [-0.15, -0.1) is 4.91 Å². The van der Waals surface area contributed by atoms with E-state index in [9.17, 15) is 14.5 Å². The van der Waals surface area contributed by atoms with Crippen molar-refractivity contribution < 1.29 is 28.6 Å². The van der Waals surface area contributed by atoms with Crippen LogP contribution in [0, 0.1) is 17.7 Å². The van der Waals surface area contributed by atoms with Crippen LogP contribution >= 0.6 is 0 Å². The molecule has 2 rings (SSSR count). The molecular formula is C16H20N2O7. The lowest BCUT2D eigenvalue weighted by molar-refractivity contribution is -0.148. The van der Waals surface area contributed by atoms with Gasteiger partial charge in [0, 0.05) is 23.2 Å². The van der Waals surface area contributed by atoms with Crippen molar-refractivity contribution in [2.75, 3.05) is 13.2 Å². The quantitative estimate of drug-likeness (QED) is 0.376. The van der Waals surface area contributed by atoms with E-state index < -0.39 is 11.9 Å². The minimum absolute atomic E-state index is 0.0618. The average molecular weight is 352 g/mol. The Bertz CT molecular complexity index is 648. The predicted molar refractivity (Wildman–Crippen MR) is 84.2 cm³/mol. The van der Waals surface area contributed by atoms with Gasteiger partial charge in [0.2, 0.25) is 0 Å². The Balaban J connectivity index is 1.77. The van der Waals surface area contributed by atoms with Crippen LogP contribution in [0.3, 0.4) is 0 Å². The lowest BCUT2D eigenvalue weighted by Gasteiger charge is -2.11. The van der Waals surface area contributed by atoms with Crippen molar-refractivity contribution in [3.8, 4) is 5.75 Å². The second-order valence-electron chi connectivity index (χ2n) is 5.80. The minimum atomic E-state index is -0.538. The molecule has 1 atom stereocenters. The first-order valence-electron chi connectivity index (χ1n) is 7.87. The Hall–Kier alpha value is -2.55. The third-order valence-electron chi connectivity index (χ3n) is 3.60. The second kappa shape index (κ2) is 9.07. The highest BCUT2D eigenvalue weighted by molar-refractivity contribution is 5.79. The Labute approximate surface area is 144 Å². The number of nitrogens with zero attached hydrogens (tertiary/aromatic N) is 2. The van der Waals surface area contributed by atoms with E-state index in [1.807, 2.05) is 0 Å². The summed E-state index contributed by atoms with van der Waals surface area (Å²) in [6, 6.07) is 0. The first-order valence-corrected chi connectivity index (χ1v) is 7.87. The summed E-state index contributed by atoms with van der Waals surface area (Å²) in [5.74, 6) is -0.835. The molecule has 2 heterocycles. The number of fused-ring (bicyclic) bond motifs is 1. The number of carbonyl (C=O) groups is 2. The van der Waals surface area contributed by atoms with Crippen LogP contribution in [0.2, 0.25) is 0 Å². The van der Waals surface area contributed by atoms with Gasteiger partial charge in [-0.2, -0.15) is 0 Å². The van der Waals surface area contributed by atoms with Gasteiger partial charge in [0.05, 0.1) is 38.4 Å². The molecule has 1 aliphatic heterocycles. The molecule has 1 aliphatic rings. The normalized spacial score (nSPS) is 13.7. The van der Waals surface area contributed by atoms with Crippen LogP contribution in [0.1, 0.15) is 36.6 Å². The van der Waals surface area contributed by atoms with Crippen LogP contribution in [0.5, 0.6) is 5.75 Å². The van der Waals surface area contributed by atoms with E-state index in [4.69, 9.17) is 14.2 Å². The standard InChI is InChI=1S/C16H20N2O7/c1-10(7-24-18-21)6-23-14(19)3-4-15(20)25-16-11(2)17-5-12-8-22-9-13(12)16/h5,10H,3-4,6-9H2,1-2H3. The molecule has 0 saturated heterocycles. The molecule has 0 radical (unpaired) electrons. The highest BCUT2D eigenvalue weighted by atomic mass is 16.7. The molecule has 1 aromatic rings. The molecule has 9 nitrogen and oxygen atoms in total. The fourth-order valence-corrected chi connectivity index (χ4v) is 2.24. The molecule has 9 heteroatoms. The summed E-state index contributed by atoms with van der Waals surface area (Å²) in [4.78, 5) is 42.0. The number of pyridine rings is 1. The van der Waals surface area contributed by atoms with Crippen LogP contribution in [0.15, 0.2) is 11.5 Å². The highest BCUT2D eigenvalue weighted by Gasteiger charge is 2.21. The van der Waals surface area contributed by atoms with Gasteiger partial charge < -0.3 is 19.0 Å². The van der Waals surface area contributed by atoms with Crippen LogP contribution in [0.25, 0.3) is 0 Å². The maximum atomic E-state index is 12.0. The van der Waals surface area contributed by atoms with Gasteiger partial charge >= 0.3 is 11.9 Å². The van der Waals surface area contributed by atoms with Gasteiger partial charge in [-0.25, -0.2) is 0 Å². The summed E-state index contributed by atoms with van der Waals surface area (Å²) in [5.41, 5.74) is 2.31. The smallest absolute Gasteiger partial charge is 0.311 e. The van der Waals surface area contributed by atoms with E-state index in [0.29, 0.717) is 24.7 Å². The van der Waals surface area contributed by atoms with Gasteiger partial charge in [-0.05, 0) is 6.92 Å². The van der Waals surface area contributed by atoms with Crippen LogP contribution in [0.4, 0.5) is 0 Å². The number of ether oxygens (including phenoxy) is 3. The molecule has 0 saturated carbocycles. The Kier molecular flexibility index (Phi) is 6.81. The summed E-state index contributed by atoms with van der Waals surface area (Å²) in [6.07, 6.45) is 1.50. The third kappa shape index (κ3) is 5.49. The van der Waals surface area contributed by atoms with Crippen molar-refractivity contribution in [2.45, 2.75) is 39.9 Å². The maximum Gasteiger partial charge on any atom is 0.311 e. The summed E-state index contributed by atoms with van der Waals surface area (Å²) in [6.45, 7) is 4.44. The Morgan fingerprint density at radius 3 is 2.80 bits per heavy atom. The van der Waals surface area contributed by atoms with E-state index in [1.54, 1.807) is 20.0 Å². The lowest BCUT2D eigenvalue weighted by Crippen LogP contribution is -2.17. The zero-order valence-corrected chi connectivity index (χ0v) is 14.1. The summed E-state index contributed by atoms with van der Waals surface area (Å²) >= 11 is 0. The number of esters is 2. The van der Waals surface area contributed by atoms with Crippen molar-refractivity contribution in [3.63, 3.8) is 0 Å². The maximum absolute atomic E-state index is 12.0. The molecule has 136 valence electrons. The first-order chi connectivity index (χ1) is 12.0. The molecule has 0 fully saturated rings. The monoisotopic (exact) mass is 352 g/mol. The second-order valence-corrected chi connectivity index (χ2v) is 5.80. The van der Waals surface area contributed by atoms with Crippen molar-refractivity contribution in [2.24, 2.45) is 11.3 Å². The van der Waals surface area contributed by atoms with Crippen molar-refractivity contribution in [3.05, 3.63) is 27.9 Å². The Morgan fingerprint density at radius 1 is 1.28 bits per heavy atom. The SMILES string of the molecule is Cc1ncc2c(c1OC(=O)CCC(=O)OCC(C)CON=O)COC2. The van der Waals surface area contributed by atoms with E-state index >= 15 is 0 Å². The fourth-order valence-electron chi connectivity index (χ4n) is 2.24. The van der Waals surface area contributed by atoms with E-state index in [-0.39, 0.29) is 32.0 Å². The number of aromatic nitrogens is 1. The van der Waals surface area contributed by atoms with Gasteiger partial charge in [0.25, 0.3) is 0 Å². The average Bonchev–Trinajstić information content (AvgIpc) is 3.07. The summed E-state index contributed by atoms with van der Waals surface area (Å²) in [5, 5.41) is 2.27. The van der Waals surface area contributed by atoms with Crippen LogP contribution in [-0.4, -0.2) is 30.1 Å². The largest absolute Gasteiger partial charge is 0.465 e. The van der Waals surface area contributed by atoms with Gasteiger partial charge in [-0.1, -0.05) is 6.92 Å². The summed E-state index contributed by atoms with van der Waals surface area (Å²) < 4.78 is 15.7. The molecule has 1 unspecified atom stereocenters. The topological polar surface area (TPSA) is 113 Å². The van der Waals surface area contributed by atoms with Crippen molar-refractivity contribution in [1.82, 2.24) is 4.98 Å². The molecule has 0 aromatic carbocycles. The van der Waals surface area contributed by atoms with E-state index in [0.717, 1.165) is 11.1 Å². The van der Waals surface area contributed by atoms with Crippen molar-refractivity contribution in [1.29, 1.82) is 0 Å². The van der Waals surface area contributed by atoms with E-state index in [1.165, 1.54) is 0 Å².